The number of carbonyl (C=O) groups is 1. The summed E-state index contributed by atoms with van der Waals surface area (Å²) in [5.74, 6) is 1.06. The second kappa shape index (κ2) is 4.79. The van der Waals surface area contributed by atoms with Crippen molar-refractivity contribution < 1.29 is 4.79 Å². The molecule has 1 aliphatic rings. The van der Waals surface area contributed by atoms with Crippen LogP contribution in [0.25, 0.3) is 0 Å². The molecule has 1 nitrogen and oxygen atoms in total. The Balaban J connectivity index is 2.05. The van der Waals surface area contributed by atoms with E-state index in [0.717, 1.165) is 26.8 Å². The van der Waals surface area contributed by atoms with E-state index in [2.05, 4.69) is 31.9 Å². The molecule has 0 aromatic heterocycles. The zero-order valence-electron chi connectivity index (χ0n) is 8.30. The molecule has 80 valence electrons. The smallest absolute Gasteiger partial charge is 0.164 e. The van der Waals surface area contributed by atoms with Crippen LogP contribution in [-0.4, -0.2) is 5.78 Å². The first kappa shape index (κ1) is 11.3. The maximum absolute atomic E-state index is 11.9. The van der Waals surface area contributed by atoms with E-state index in [1.807, 2.05) is 18.2 Å². The third-order valence-corrected chi connectivity index (χ3v) is 3.89. The molecular weight excluding hydrogens is 320 g/mol. The summed E-state index contributed by atoms with van der Waals surface area (Å²) in [6, 6.07) is 5.73. The average molecular weight is 332 g/mol. The second-order valence-electron chi connectivity index (χ2n) is 4.03. The van der Waals surface area contributed by atoms with Crippen molar-refractivity contribution >= 4 is 37.6 Å². The zero-order valence-corrected chi connectivity index (χ0v) is 11.5. The molecule has 1 fully saturated rings. The van der Waals surface area contributed by atoms with E-state index in [-0.39, 0.29) is 5.78 Å². The molecule has 0 radical (unpaired) electrons. The Bertz CT molecular complexity index is 383. The van der Waals surface area contributed by atoms with Crippen LogP contribution < -0.4 is 0 Å². The van der Waals surface area contributed by atoms with Gasteiger partial charge in [0.25, 0.3) is 0 Å². The molecule has 1 aromatic carbocycles. The Hall–Kier alpha value is -0.150. The van der Waals surface area contributed by atoms with Gasteiger partial charge >= 0.3 is 0 Å². The van der Waals surface area contributed by atoms with Gasteiger partial charge in [0.15, 0.2) is 5.78 Å². The highest BCUT2D eigenvalue weighted by atomic mass is 79.9. The van der Waals surface area contributed by atoms with Crippen LogP contribution in [0, 0.1) is 5.92 Å². The fourth-order valence-electron chi connectivity index (χ4n) is 1.59. The molecule has 0 amide bonds. The zero-order chi connectivity index (χ0) is 10.8. The number of benzene rings is 1. The molecular formula is C12H12Br2O. The van der Waals surface area contributed by atoms with Crippen molar-refractivity contribution in [3.63, 3.8) is 0 Å². The third kappa shape index (κ3) is 3.15. The molecule has 2 rings (SSSR count). The van der Waals surface area contributed by atoms with Gasteiger partial charge in [-0.1, -0.05) is 44.7 Å². The van der Waals surface area contributed by atoms with Crippen LogP contribution in [0.1, 0.15) is 36.0 Å². The Morgan fingerprint density at radius 3 is 2.73 bits per heavy atom. The van der Waals surface area contributed by atoms with E-state index in [9.17, 15) is 4.79 Å². The molecule has 0 bridgehead atoms. The Morgan fingerprint density at radius 1 is 1.33 bits per heavy atom. The summed E-state index contributed by atoms with van der Waals surface area (Å²) < 4.78 is 1.85. The van der Waals surface area contributed by atoms with Gasteiger partial charge in [0.1, 0.15) is 0 Å². The largest absolute Gasteiger partial charge is 0.294 e. The van der Waals surface area contributed by atoms with Gasteiger partial charge in [0, 0.05) is 20.9 Å². The quantitative estimate of drug-likeness (QED) is 0.738. The van der Waals surface area contributed by atoms with Crippen LogP contribution in [0.4, 0.5) is 0 Å². The van der Waals surface area contributed by atoms with Crippen LogP contribution >= 0.6 is 31.9 Å². The Morgan fingerprint density at radius 2 is 2.07 bits per heavy atom. The van der Waals surface area contributed by atoms with Crippen molar-refractivity contribution in [1.82, 2.24) is 0 Å². The van der Waals surface area contributed by atoms with Gasteiger partial charge in [-0.2, -0.15) is 0 Å². The van der Waals surface area contributed by atoms with Gasteiger partial charge in [0.2, 0.25) is 0 Å². The molecule has 0 unspecified atom stereocenters. The predicted molar refractivity (Wildman–Crippen MR) is 68.1 cm³/mol. The SMILES string of the molecule is O=C(CCC1CC1)c1cc(Br)ccc1Br. The number of Topliss-reactive ketones (excluding diaryl/α,β-unsaturated/α-hetero) is 1. The molecule has 0 N–H and O–H groups in total. The first-order valence-electron chi connectivity index (χ1n) is 5.15. The molecule has 0 heterocycles. The highest BCUT2D eigenvalue weighted by Gasteiger charge is 2.22. The van der Waals surface area contributed by atoms with Gasteiger partial charge in [0.05, 0.1) is 0 Å². The standard InChI is InChI=1S/C12H12Br2O/c13-9-4-5-11(14)10(7-9)12(15)6-3-8-1-2-8/h4-5,7-8H,1-3,6H2. The lowest BCUT2D eigenvalue weighted by atomic mass is 10.1. The number of ketones is 1. The number of rotatable bonds is 4. The summed E-state index contributed by atoms with van der Waals surface area (Å²) in [5, 5.41) is 0. The van der Waals surface area contributed by atoms with Crippen molar-refractivity contribution in [2.45, 2.75) is 25.7 Å². The summed E-state index contributed by atoms with van der Waals surface area (Å²) >= 11 is 6.80. The average Bonchev–Trinajstić information content (AvgIpc) is 3.02. The first-order chi connectivity index (χ1) is 7.16. The number of carbonyl (C=O) groups excluding carboxylic acids is 1. The van der Waals surface area contributed by atoms with E-state index in [1.165, 1.54) is 12.8 Å². The number of hydrogen-bond acceptors (Lipinski definition) is 1. The van der Waals surface area contributed by atoms with Gasteiger partial charge in [-0.3, -0.25) is 4.79 Å². The third-order valence-electron chi connectivity index (χ3n) is 2.71. The van der Waals surface area contributed by atoms with Crippen LogP contribution in [0.2, 0.25) is 0 Å². The summed E-state index contributed by atoms with van der Waals surface area (Å²) in [4.78, 5) is 11.9. The van der Waals surface area contributed by atoms with Crippen LogP contribution in [0.3, 0.4) is 0 Å². The fraction of sp³-hybridized carbons (Fsp3) is 0.417. The Kier molecular flexibility index (Phi) is 3.62. The second-order valence-corrected chi connectivity index (χ2v) is 5.80. The molecule has 3 heteroatoms. The monoisotopic (exact) mass is 330 g/mol. The van der Waals surface area contributed by atoms with Crippen molar-refractivity contribution in [1.29, 1.82) is 0 Å². The van der Waals surface area contributed by atoms with Crippen LogP contribution in [0.5, 0.6) is 0 Å². The van der Waals surface area contributed by atoms with Gasteiger partial charge in [-0.15, -0.1) is 0 Å². The summed E-state index contributed by atoms with van der Waals surface area (Å²) in [6.45, 7) is 0. The topological polar surface area (TPSA) is 17.1 Å². The van der Waals surface area contributed by atoms with Gasteiger partial charge in [-0.05, 0) is 30.5 Å². The number of halogens is 2. The molecule has 1 saturated carbocycles. The van der Waals surface area contributed by atoms with Crippen molar-refractivity contribution in [2.75, 3.05) is 0 Å². The summed E-state index contributed by atoms with van der Waals surface area (Å²) in [6.07, 6.45) is 4.36. The number of hydrogen-bond donors (Lipinski definition) is 0. The van der Waals surface area contributed by atoms with Crippen LogP contribution in [-0.2, 0) is 0 Å². The lowest BCUT2D eigenvalue weighted by Crippen LogP contribution is -2.00. The van der Waals surface area contributed by atoms with E-state index >= 15 is 0 Å². The highest BCUT2D eigenvalue weighted by molar-refractivity contribution is 9.11. The molecule has 1 aliphatic carbocycles. The lowest BCUT2D eigenvalue weighted by Gasteiger charge is -2.03. The summed E-state index contributed by atoms with van der Waals surface area (Å²) in [5.41, 5.74) is 0.796. The van der Waals surface area contributed by atoms with E-state index in [4.69, 9.17) is 0 Å². The molecule has 0 saturated heterocycles. The summed E-state index contributed by atoms with van der Waals surface area (Å²) in [7, 11) is 0. The predicted octanol–water partition coefficient (Wildman–Crippen LogP) is 4.58. The van der Waals surface area contributed by atoms with Gasteiger partial charge in [-0.25, -0.2) is 0 Å². The lowest BCUT2D eigenvalue weighted by molar-refractivity contribution is 0.0977. The van der Waals surface area contributed by atoms with E-state index in [1.54, 1.807) is 0 Å². The highest BCUT2D eigenvalue weighted by Crippen LogP contribution is 2.34. The van der Waals surface area contributed by atoms with Crippen molar-refractivity contribution in [3.05, 3.63) is 32.7 Å². The first-order valence-corrected chi connectivity index (χ1v) is 6.73. The molecule has 0 atom stereocenters. The Labute approximate surface area is 107 Å². The van der Waals surface area contributed by atoms with Gasteiger partial charge < -0.3 is 0 Å². The minimum Gasteiger partial charge on any atom is -0.294 e. The maximum atomic E-state index is 11.9. The molecule has 15 heavy (non-hydrogen) atoms. The minimum absolute atomic E-state index is 0.245. The fourth-order valence-corrected chi connectivity index (χ4v) is 2.42. The van der Waals surface area contributed by atoms with E-state index < -0.39 is 0 Å². The maximum Gasteiger partial charge on any atom is 0.164 e. The minimum atomic E-state index is 0.245. The molecule has 0 spiro atoms. The van der Waals surface area contributed by atoms with Crippen molar-refractivity contribution in [2.24, 2.45) is 5.92 Å². The molecule has 0 aliphatic heterocycles. The van der Waals surface area contributed by atoms with Crippen molar-refractivity contribution in [3.8, 4) is 0 Å². The van der Waals surface area contributed by atoms with Crippen LogP contribution in [0.15, 0.2) is 27.1 Å². The molecule has 1 aromatic rings. The normalized spacial score (nSPS) is 15.3. The van der Waals surface area contributed by atoms with E-state index in [0.29, 0.717) is 6.42 Å².